The second-order valence-corrected chi connectivity index (χ2v) is 4.70. The first-order valence-electron chi connectivity index (χ1n) is 6.64. The van der Waals surface area contributed by atoms with Crippen LogP contribution in [0.25, 0.3) is 0 Å². The van der Waals surface area contributed by atoms with E-state index in [1.807, 2.05) is 0 Å². The molecule has 0 spiro atoms. The molecule has 0 radical (unpaired) electrons. The number of benzene rings is 1. The summed E-state index contributed by atoms with van der Waals surface area (Å²) in [6.07, 6.45) is 2.98. The van der Waals surface area contributed by atoms with E-state index in [0.29, 0.717) is 11.4 Å². The van der Waals surface area contributed by atoms with Crippen molar-refractivity contribution in [2.45, 2.75) is 25.3 Å². The van der Waals surface area contributed by atoms with Gasteiger partial charge in [-0.2, -0.15) is 0 Å². The second-order valence-electron chi connectivity index (χ2n) is 4.70. The molecule has 108 valence electrons. The van der Waals surface area contributed by atoms with Crippen LogP contribution in [-0.4, -0.2) is 36.2 Å². The van der Waals surface area contributed by atoms with Crippen LogP contribution in [0.2, 0.25) is 0 Å². The van der Waals surface area contributed by atoms with Gasteiger partial charge in [-0.3, -0.25) is 4.79 Å². The Balaban J connectivity index is 1.93. The Morgan fingerprint density at radius 2 is 2.25 bits per heavy atom. The number of carbonyl (C=O) groups is 2. The van der Waals surface area contributed by atoms with Gasteiger partial charge in [-0.15, -0.1) is 0 Å². The molecule has 6 heteroatoms. The Kier molecular flexibility index (Phi) is 4.95. The number of carbonyl (C=O) groups excluding carboxylic acids is 1. The molecular formula is C14H18N2O4. The van der Waals surface area contributed by atoms with Crippen molar-refractivity contribution >= 4 is 17.6 Å². The topological polar surface area (TPSA) is 87.7 Å². The molecule has 1 fully saturated rings. The van der Waals surface area contributed by atoms with Gasteiger partial charge in [0.1, 0.15) is 5.75 Å². The van der Waals surface area contributed by atoms with Crippen molar-refractivity contribution in [1.29, 1.82) is 0 Å². The van der Waals surface area contributed by atoms with Gasteiger partial charge in [0.15, 0.2) is 6.61 Å². The summed E-state index contributed by atoms with van der Waals surface area (Å²) in [4.78, 5) is 22.5. The molecule has 1 saturated heterocycles. The smallest absolute Gasteiger partial charge is 0.341 e. The number of ether oxygens (including phenoxy) is 1. The number of carboxylic acid groups (broad SMARTS) is 1. The predicted molar refractivity (Wildman–Crippen MR) is 73.8 cm³/mol. The summed E-state index contributed by atoms with van der Waals surface area (Å²) in [6.45, 7) is 0.460. The van der Waals surface area contributed by atoms with Crippen molar-refractivity contribution in [2.24, 2.45) is 0 Å². The highest BCUT2D eigenvalue weighted by Gasteiger charge is 2.20. The quantitative estimate of drug-likeness (QED) is 0.754. The van der Waals surface area contributed by atoms with E-state index in [1.165, 1.54) is 0 Å². The number of piperidine rings is 1. The monoisotopic (exact) mass is 278 g/mol. The van der Waals surface area contributed by atoms with E-state index in [4.69, 9.17) is 9.84 Å². The predicted octanol–water partition coefficient (Wildman–Crippen LogP) is 1.23. The number of hydrogen-bond acceptors (Lipinski definition) is 4. The molecule has 1 aromatic rings. The van der Waals surface area contributed by atoms with Crippen LogP contribution in [0.3, 0.4) is 0 Å². The SMILES string of the molecule is O=C(O)COc1cccc(NC(=O)[C@H]2CCCCN2)c1. The zero-order valence-electron chi connectivity index (χ0n) is 11.1. The Morgan fingerprint density at radius 3 is 2.95 bits per heavy atom. The standard InChI is InChI=1S/C14H18N2O4/c17-13(18)9-20-11-5-3-4-10(8-11)16-14(19)12-6-1-2-7-15-12/h3-5,8,12,15H,1-2,6-7,9H2,(H,16,19)(H,17,18)/t12-/m1/s1. The summed E-state index contributed by atoms with van der Waals surface area (Å²) in [5.41, 5.74) is 0.602. The van der Waals surface area contributed by atoms with Gasteiger partial charge in [-0.1, -0.05) is 12.5 Å². The van der Waals surface area contributed by atoms with E-state index in [-0.39, 0.29) is 11.9 Å². The molecular weight excluding hydrogens is 260 g/mol. The molecule has 0 saturated carbocycles. The lowest BCUT2D eigenvalue weighted by Gasteiger charge is -2.22. The van der Waals surface area contributed by atoms with Gasteiger partial charge >= 0.3 is 5.97 Å². The molecule has 1 aliphatic rings. The minimum Gasteiger partial charge on any atom is -0.482 e. The molecule has 6 nitrogen and oxygen atoms in total. The molecule has 20 heavy (non-hydrogen) atoms. The Morgan fingerprint density at radius 1 is 1.40 bits per heavy atom. The largest absolute Gasteiger partial charge is 0.482 e. The third kappa shape index (κ3) is 4.24. The maximum absolute atomic E-state index is 12.0. The minimum atomic E-state index is -1.04. The van der Waals surface area contributed by atoms with E-state index in [2.05, 4.69) is 10.6 Å². The summed E-state index contributed by atoms with van der Waals surface area (Å²) >= 11 is 0. The molecule has 1 aromatic carbocycles. The van der Waals surface area contributed by atoms with Crippen LogP contribution in [0.4, 0.5) is 5.69 Å². The van der Waals surface area contributed by atoms with Crippen LogP contribution >= 0.6 is 0 Å². The number of amides is 1. The van der Waals surface area contributed by atoms with E-state index in [0.717, 1.165) is 25.8 Å². The Hall–Kier alpha value is -2.08. The van der Waals surface area contributed by atoms with Crippen LogP contribution in [0, 0.1) is 0 Å². The normalized spacial score (nSPS) is 18.3. The summed E-state index contributed by atoms with van der Waals surface area (Å²) in [6, 6.07) is 6.56. The van der Waals surface area contributed by atoms with Crippen molar-refractivity contribution in [3.63, 3.8) is 0 Å². The summed E-state index contributed by atoms with van der Waals surface area (Å²) < 4.78 is 5.07. The third-order valence-corrected chi connectivity index (χ3v) is 3.09. The maximum atomic E-state index is 12.0. The highest BCUT2D eigenvalue weighted by atomic mass is 16.5. The van der Waals surface area contributed by atoms with Gasteiger partial charge in [0.25, 0.3) is 0 Å². The van der Waals surface area contributed by atoms with Gasteiger partial charge in [0.2, 0.25) is 5.91 Å². The molecule has 3 N–H and O–H groups in total. The molecule has 1 atom stereocenters. The second kappa shape index (κ2) is 6.91. The van der Waals surface area contributed by atoms with Gasteiger partial charge in [-0.25, -0.2) is 4.79 Å². The molecule has 0 unspecified atom stereocenters. The molecule has 1 aliphatic heterocycles. The van der Waals surface area contributed by atoms with Crippen molar-refractivity contribution in [2.75, 3.05) is 18.5 Å². The highest BCUT2D eigenvalue weighted by molar-refractivity contribution is 5.95. The van der Waals surface area contributed by atoms with Gasteiger partial charge in [0.05, 0.1) is 6.04 Å². The van der Waals surface area contributed by atoms with E-state index in [1.54, 1.807) is 24.3 Å². The summed E-state index contributed by atoms with van der Waals surface area (Å²) in [5.74, 6) is -0.687. The van der Waals surface area contributed by atoms with Crippen LogP contribution in [0.5, 0.6) is 5.75 Å². The average molecular weight is 278 g/mol. The van der Waals surface area contributed by atoms with Gasteiger partial charge < -0.3 is 20.5 Å². The number of carboxylic acids is 1. The summed E-state index contributed by atoms with van der Waals surface area (Å²) in [7, 11) is 0. The minimum absolute atomic E-state index is 0.0694. The fourth-order valence-corrected chi connectivity index (χ4v) is 2.11. The first-order chi connectivity index (χ1) is 9.65. The van der Waals surface area contributed by atoms with Gasteiger partial charge in [-0.05, 0) is 31.5 Å². The number of aliphatic carboxylic acids is 1. The summed E-state index contributed by atoms with van der Waals surface area (Å²) in [5, 5.41) is 14.5. The first-order valence-corrected chi connectivity index (χ1v) is 6.64. The van der Waals surface area contributed by atoms with Crippen molar-refractivity contribution in [3.8, 4) is 5.75 Å². The first kappa shape index (κ1) is 14.3. The van der Waals surface area contributed by atoms with Crippen LogP contribution in [-0.2, 0) is 9.59 Å². The Bertz CT molecular complexity index is 484. The molecule has 2 rings (SSSR count). The molecule has 1 heterocycles. The van der Waals surface area contributed by atoms with Crippen molar-refractivity contribution < 1.29 is 19.4 Å². The lowest BCUT2D eigenvalue weighted by Crippen LogP contribution is -2.43. The van der Waals surface area contributed by atoms with Crippen molar-refractivity contribution in [1.82, 2.24) is 5.32 Å². The third-order valence-electron chi connectivity index (χ3n) is 3.09. The number of nitrogens with one attached hydrogen (secondary N) is 2. The molecule has 0 aromatic heterocycles. The zero-order chi connectivity index (χ0) is 14.4. The molecule has 0 aliphatic carbocycles. The fraction of sp³-hybridized carbons (Fsp3) is 0.429. The fourth-order valence-electron chi connectivity index (χ4n) is 2.11. The molecule has 1 amide bonds. The number of rotatable bonds is 5. The van der Waals surface area contributed by atoms with E-state index in [9.17, 15) is 9.59 Å². The van der Waals surface area contributed by atoms with Gasteiger partial charge in [0, 0.05) is 11.8 Å². The average Bonchev–Trinajstić information content (AvgIpc) is 2.46. The zero-order valence-corrected chi connectivity index (χ0v) is 11.1. The van der Waals surface area contributed by atoms with Crippen LogP contribution in [0.15, 0.2) is 24.3 Å². The van der Waals surface area contributed by atoms with Crippen molar-refractivity contribution in [3.05, 3.63) is 24.3 Å². The number of hydrogen-bond donors (Lipinski definition) is 3. The molecule has 0 bridgehead atoms. The van der Waals surface area contributed by atoms with E-state index >= 15 is 0 Å². The van der Waals surface area contributed by atoms with E-state index < -0.39 is 12.6 Å². The lowest BCUT2D eigenvalue weighted by atomic mass is 10.0. The van der Waals surface area contributed by atoms with Crippen LogP contribution < -0.4 is 15.4 Å². The van der Waals surface area contributed by atoms with Crippen LogP contribution in [0.1, 0.15) is 19.3 Å². The lowest BCUT2D eigenvalue weighted by molar-refractivity contribution is -0.139. The highest BCUT2D eigenvalue weighted by Crippen LogP contribution is 2.18. The number of anilines is 1. The Labute approximate surface area is 117 Å². The maximum Gasteiger partial charge on any atom is 0.341 e.